The van der Waals surface area contributed by atoms with E-state index in [4.69, 9.17) is 0 Å². The first-order valence-electron chi connectivity index (χ1n) is 9.83. The number of nitrogens with one attached hydrogen (secondary N) is 1. The number of amides is 2. The molecule has 2 amide bonds. The van der Waals surface area contributed by atoms with Crippen LogP contribution < -0.4 is 5.32 Å². The Morgan fingerprint density at radius 2 is 1.56 bits per heavy atom. The van der Waals surface area contributed by atoms with Gasteiger partial charge in [-0.25, -0.2) is 0 Å². The van der Waals surface area contributed by atoms with Crippen LogP contribution in [0.1, 0.15) is 79.0 Å². The van der Waals surface area contributed by atoms with E-state index in [0.29, 0.717) is 23.1 Å². The molecule has 25 heavy (non-hydrogen) atoms. The van der Waals surface area contributed by atoms with E-state index in [-0.39, 0.29) is 11.8 Å². The molecule has 0 spiro atoms. The van der Waals surface area contributed by atoms with Crippen LogP contribution in [0.2, 0.25) is 0 Å². The maximum atomic E-state index is 12.6. The van der Waals surface area contributed by atoms with Gasteiger partial charge >= 0.3 is 0 Å². The largest absolute Gasteiger partial charge is 0.349 e. The molecule has 2 aliphatic rings. The van der Waals surface area contributed by atoms with Gasteiger partial charge in [0.15, 0.2) is 0 Å². The third-order valence-electron chi connectivity index (χ3n) is 5.53. The van der Waals surface area contributed by atoms with Crippen LogP contribution in [0.25, 0.3) is 0 Å². The molecule has 1 aliphatic heterocycles. The Morgan fingerprint density at radius 1 is 0.920 bits per heavy atom. The van der Waals surface area contributed by atoms with Crippen LogP contribution in [0, 0.1) is 5.92 Å². The summed E-state index contributed by atoms with van der Waals surface area (Å²) in [6.07, 6.45) is 9.39. The first-order valence-corrected chi connectivity index (χ1v) is 9.83. The van der Waals surface area contributed by atoms with Gasteiger partial charge in [-0.15, -0.1) is 0 Å². The Morgan fingerprint density at radius 3 is 2.20 bits per heavy atom. The maximum Gasteiger partial charge on any atom is 0.253 e. The number of carbonyl (C=O) groups excluding carboxylic acids is 2. The molecule has 1 aromatic carbocycles. The molecule has 4 nitrogen and oxygen atoms in total. The second-order valence-corrected chi connectivity index (χ2v) is 7.74. The number of rotatable bonds is 3. The second kappa shape index (κ2) is 8.50. The van der Waals surface area contributed by atoms with Crippen LogP contribution in [0.5, 0.6) is 0 Å². The predicted molar refractivity (Wildman–Crippen MR) is 99.7 cm³/mol. The van der Waals surface area contributed by atoms with E-state index in [9.17, 15) is 9.59 Å². The van der Waals surface area contributed by atoms with Crippen LogP contribution in [0.4, 0.5) is 0 Å². The van der Waals surface area contributed by atoms with Crippen molar-refractivity contribution in [2.75, 3.05) is 13.1 Å². The fourth-order valence-corrected chi connectivity index (χ4v) is 4.01. The Labute approximate surface area is 151 Å². The lowest BCUT2D eigenvalue weighted by Crippen LogP contribution is -2.39. The lowest BCUT2D eigenvalue weighted by molar-refractivity contribution is 0.0682. The minimum absolute atomic E-state index is 0.0162. The summed E-state index contributed by atoms with van der Waals surface area (Å²) >= 11 is 0. The topological polar surface area (TPSA) is 49.4 Å². The molecule has 1 saturated heterocycles. The van der Waals surface area contributed by atoms with Crippen molar-refractivity contribution in [1.82, 2.24) is 10.2 Å². The molecular formula is C21H30N2O2. The minimum Gasteiger partial charge on any atom is -0.349 e. The molecule has 2 fully saturated rings. The molecule has 1 unspecified atom stereocenters. The fraction of sp³-hybridized carbons (Fsp3) is 0.619. The predicted octanol–water partition coefficient (Wildman–Crippen LogP) is 4.01. The van der Waals surface area contributed by atoms with Gasteiger partial charge in [0.2, 0.25) is 0 Å². The zero-order chi connectivity index (χ0) is 17.6. The maximum absolute atomic E-state index is 12.6. The van der Waals surface area contributed by atoms with E-state index in [1.165, 1.54) is 32.1 Å². The van der Waals surface area contributed by atoms with Crippen molar-refractivity contribution in [2.24, 2.45) is 5.92 Å². The lowest BCUT2D eigenvalue weighted by Gasteiger charge is -2.31. The van der Waals surface area contributed by atoms with Gasteiger partial charge in [0.1, 0.15) is 0 Å². The smallest absolute Gasteiger partial charge is 0.253 e. The van der Waals surface area contributed by atoms with Gasteiger partial charge in [-0.3, -0.25) is 9.59 Å². The van der Waals surface area contributed by atoms with Crippen LogP contribution >= 0.6 is 0 Å². The number of nitrogens with zero attached hydrogens (tertiary/aromatic N) is 1. The molecule has 0 aromatic heterocycles. The normalized spacial score (nSPS) is 22.3. The molecule has 4 heteroatoms. The van der Waals surface area contributed by atoms with Gasteiger partial charge in [0, 0.05) is 30.3 Å². The van der Waals surface area contributed by atoms with E-state index >= 15 is 0 Å². The third kappa shape index (κ3) is 4.83. The highest BCUT2D eigenvalue weighted by molar-refractivity contribution is 5.98. The van der Waals surface area contributed by atoms with Crippen molar-refractivity contribution in [1.29, 1.82) is 0 Å². The molecule has 3 rings (SSSR count). The summed E-state index contributed by atoms with van der Waals surface area (Å²) in [5.41, 5.74) is 1.33. The van der Waals surface area contributed by atoms with E-state index in [2.05, 4.69) is 12.2 Å². The molecule has 1 heterocycles. The zero-order valence-corrected chi connectivity index (χ0v) is 15.3. The summed E-state index contributed by atoms with van der Waals surface area (Å²) in [5.74, 6) is 0.641. The molecule has 1 N–H and O–H groups in total. The average molecular weight is 342 g/mol. The summed E-state index contributed by atoms with van der Waals surface area (Å²) in [4.78, 5) is 27.0. The second-order valence-electron chi connectivity index (χ2n) is 7.74. The first kappa shape index (κ1) is 18.0. The summed E-state index contributed by atoms with van der Waals surface area (Å²) in [6, 6.07) is 7.46. The molecule has 1 atom stereocenters. The van der Waals surface area contributed by atoms with Gasteiger partial charge in [-0.2, -0.15) is 0 Å². The van der Waals surface area contributed by atoms with Gasteiger partial charge in [-0.05, 0) is 55.9 Å². The minimum atomic E-state index is -0.0162. The first-order chi connectivity index (χ1) is 12.1. The molecule has 0 radical (unpaired) electrons. The van der Waals surface area contributed by atoms with Gasteiger partial charge < -0.3 is 10.2 Å². The van der Waals surface area contributed by atoms with E-state index in [0.717, 1.165) is 32.4 Å². The van der Waals surface area contributed by atoms with Crippen molar-refractivity contribution < 1.29 is 9.59 Å². The van der Waals surface area contributed by atoms with Gasteiger partial charge in [0.25, 0.3) is 11.8 Å². The average Bonchev–Trinajstić information content (AvgIpc) is 2.90. The highest BCUT2D eigenvalue weighted by Crippen LogP contribution is 2.19. The van der Waals surface area contributed by atoms with Crippen LogP contribution in [-0.4, -0.2) is 35.8 Å². The SMILES string of the molecule is CC1CCCN(C(=O)c2ccc(C(=O)NC3CCCCCC3)cc2)C1. The Hall–Kier alpha value is -1.84. The molecule has 0 bridgehead atoms. The van der Waals surface area contributed by atoms with Crippen molar-refractivity contribution in [3.8, 4) is 0 Å². The lowest BCUT2D eigenvalue weighted by atomic mass is 9.99. The molecule has 1 saturated carbocycles. The monoisotopic (exact) mass is 342 g/mol. The van der Waals surface area contributed by atoms with Crippen molar-refractivity contribution >= 4 is 11.8 Å². The fourth-order valence-electron chi connectivity index (χ4n) is 4.01. The molecule has 136 valence electrons. The standard InChI is InChI=1S/C21H30N2O2/c1-16-7-6-14-23(15-16)21(25)18-12-10-17(11-13-18)20(24)22-19-8-4-2-3-5-9-19/h10-13,16,19H,2-9,14-15H2,1H3,(H,22,24). The Kier molecular flexibility index (Phi) is 6.11. The van der Waals surface area contributed by atoms with Crippen LogP contribution in [0.3, 0.4) is 0 Å². The van der Waals surface area contributed by atoms with Crippen molar-refractivity contribution in [3.05, 3.63) is 35.4 Å². The molecular weight excluding hydrogens is 312 g/mol. The van der Waals surface area contributed by atoms with Gasteiger partial charge in [0.05, 0.1) is 0 Å². The van der Waals surface area contributed by atoms with Crippen LogP contribution in [-0.2, 0) is 0 Å². The summed E-state index contributed by atoms with van der Waals surface area (Å²) < 4.78 is 0. The quantitative estimate of drug-likeness (QED) is 0.844. The number of hydrogen-bond acceptors (Lipinski definition) is 2. The summed E-state index contributed by atoms with van der Waals surface area (Å²) in [7, 11) is 0. The summed E-state index contributed by atoms with van der Waals surface area (Å²) in [5, 5.41) is 3.16. The number of likely N-dealkylation sites (tertiary alicyclic amines) is 1. The highest BCUT2D eigenvalue weighted by atomic mass is 16.2. The Balaban J connectivity index is 1.59. The van der Waals surface area contributed by atoms with E-state index in [1.807, 2.05) is 4.90 Å². The van der Waals surface area contributed by atoms with E-state index in [1.54, 1.807) is 24.3 Å². The zero-order valence-electron chi connectivity index (χ0n) is 15.3. The van der Waals surface area contributed by atoms with Crippen molar-refractivity contribution in [3.63, 3.8) is 0 Å². The van der Waals surface area contributed by atoms with Crippen molar-refractivity contribution in [2.45, 2.75) is 64.3 Å². The number of benzene rings is 1. The molecule has 1 aromatic rings. The molecule has 1 aliphatic carbocycles. The van der Waals surface area contributed by atoms with E-state index < -0.39 is 0 Å². The Bertz CT molecular complexity index is 588. The van der Waals surface area contributed by atoms with Crippen LogP contribution in [0.15, 0.2) is 24.3 Å². The third-order valence-corrected chi connectivity index (χ3v) is 5.53. The number of hydrogen-bond donors (Lipinski definition) is 1. The van der Waals surface area contributed by atoms with Gasteiger partial charge in [-0.1, -0.05) is 32.6 Å². The number of carbonyl (C=O) groups is 2. The highest BCUT2D eigenvalue weighted by Gasteiger charge is 2.22. The number of piperidine rings is 1. The summed E-state index contributed by atoms with van der Waals surface area (Å²) in [6.45, 7) is 3.87.